The van der Waals surface area contributed by atoms with Gasteiger partial charge in [-0.3, -0.25) is 9.59 Å². The number of ketones is 1. The van der Waals surface area contributed by atoms with Crippen LogP contribution < -0.4 is 9.47 Å². The molecule has 0 saturated carbocycles. The Morgan fingerprint density at radius 3 is 2.31 bits per heavy atom. The van der Waals surface area contributed by atoms with E-state index in [9.17, 15) is 19.1 Å². The van der Waals surface area contributed by atoms with Crippen LogP contribution in [0.2, 0.25) is 0 Å². The predicted octanol–water partition coefficient (Wildman–Crippen LogP) is 5.20. The Morgan fingerprint density at radius 1 is 1.03 bits per heavy atom. The first-order valence-corrected chi connectivity index (χ1v) is 11.1. The smallest absolute Gasteiger partial charge is 0.309 e. The van der Waals surface area contributed by atoms with Crippen molar-refractivity contribution < 1.29 is 33.3 Å². The molecular formula is C27H28FNO6. The number of ether oxygens (including phenoxy) is 3. The van der Waals surface area contributed by atoms with Gasteiger partial charge in [-0.15, -0.1) is 0 Å². The maximum absolute atomic E-state index is 13.3. The highest BCUT2D eigenvalue weighted by Gasteiger charge is 2.29. The van der Waals surface area contributed by atoms with Gasteiger partial charge in [-0.2, -0.15) is 0 Å². The number of hydrogen-bond acceptors (Lipinski definition) is 7. The fourth-order valence-electron chi connectivity index (χ4n) is 3.48. The molecule has 2 aromatic carbocycles. The molecule has 3 aromatic rings. The van der Waals surface area contributed by atoms with E-state index < -0.39 is 35.7 Å². The van der Waals surface area contributed by atoms with E-state index in [-0.39, 0.29) is 23.6 Å². The minimum atomic E-state index is -0.804. The molecule has 1 heterocycles. The molecule has 8 heteroatoms. The number of methoxy groups -OCH3 is 1. The van der Waals surface area contributed by atoms with Crippen molar-refractivity contribution in [3.63, 3.8) is 0 Å². The molecule has 35 heavy (non-hydrogen) atoms. The van der Waals surface area contributed by atoms with Gasteiger partial charge in [0.15, 0.2) is 29.1 Å². The van der Waals surface area contributed by atoms with E-state index in [2.05, 4.69) is 4.98 Å². The lowest BCUT2D eigenvalue weighted by Crippen LogP contribution is -2.30. The van der Waals surface area contributed by atoms with Gasteiger partial charge in [-0.05, 0) is 43.7 Å². The van der Waals surface area contributed by atoms with Gasteiger partial charge in [0.2, 0.25) is 0 Å². The standard InChI is InChI=1S/C27H28FNO6/c1-16-5-7-19(8-6-16)26(35-21-11-9-20(28)10-12-21)18(3)34-27(32)17(2)15-22(30)24-25(31)23(33-4)13-14-29-24/h5-14,17-18,26,31H,15H2,1-4H3/t17-,18+,26+/m1/s1. The largest absolute Gasteiger partial charge is 0.503 e. The Hall–Kier alpha value is -3.94. The van der Waals surface area contributed by atoms with Crippen LogP contribution in [-0.2, 0) is 9.53 Å². The van der Waals surface area contributed by atoms with Crippen LogP contribution in [0.25, 0.3) is 0 Å². The molecule has 1 N–H and O–H groups in total. The Kier molecular flexibility index (Phi) is 8.41. The van der Waals surface area contributed by atoms with Gasteiger partial charge in [0.25, 0.3) is 0 Å². The zero-order valence-corrected chi connectivity index (χ0v) is 20.0. The van der Waals surface area contributed by atoms with Crippen LogP contribution in [-0.4, -0.2) is 35.1 Å². The molecule has 7 nitrogen and oxygen atoms in total. The molecule has 0 aliphatic heterocycles. The minimum absolute atomic E-state index is 0.117. The van der Waals surface area contributed by atoms with E-state index in [1.54, 1.807) is 13.8 Å². The van der Waals surface area contributed by atoms with Gasteiger partial charge < -0.3 is 19.3 Å². The summed E-state index contributed by atoms with van der Waals surface area (Å²) >= 11 is 0. The molecule has 0 radical (unpaired) electrons. The number of Topliss-reactive ketones (excluding diaryl/α,β-unsaturated/α-hetero) is 1. The second kappa shape index (κ2) is 11.5. The number of pyridine rings is 1. The lowest BCUT2D eigenvalue weighted by molar-refractivity contribution is -0.157. The quantitative estimate of drug-likeness (QED) is 0.314. The fraction of sp³-hybridized carbons (Fsp3) is 0.296. The van der Waals surface area contributed by atoms with Crippen molar-refractivity contribution in [1.29, 1.82) is 0 Å². The molecule has 0 aliphatic rings. The highest BCUT2D eigenvalue weighted by atomic mass is 19.1. The molecule has 3 atom stereocenters. The van der Waals surface area contributed by atoms with E-state index in [0.717, 1.165) is 11.1 Å². The summed E-state index contributed by atoms with van der Waals surface area (Å²) in [5, 5.41) is 10.2. The van der Waals surface area contributed by atoms with Crippen molar-refractivity contribution in [2.24, 2.45) is 5.92 Å². The van der Waals surface area contributed by atoms with Crippen molar-refractivity contribution in [1.82, 2.24) is 4.98 Å². The van der Waals surface area contributed by atoms with E-state index in [1.165, 1.54) is 43.6 Å². The first kappa shape index (κ1) is 25.7. The van der Waals surface area contributed by atoms with Crippen LogP contribution in [0.5, 0.6) is 17.2 Å². The molecule has 0 aliphatic carbocycles. The molecule has 0 spiro atoms. The zero-order valence-electron chi connectivity index (χ0n) is 20.0. The summed E-state index contributed by atoms with van der Waals surface area (Å²) in [4.78, 5) is 29.4. The number of aryl methyl sites for hydroxylation is 1. The molecule has 0 fully saturated rings. The summed E-state index contributed by atoms with van der Waals surface area (Å²) in [5.41, 5.74) is 1.66. The van der Waals surface area contributed by atoms with Crippen LogP contribution in [0.15, 0.2) is 60.8 Å². The Morgan fingerprint density at radius 2 is 1.69 bits per heavy atom. The Balaban J connectivity index is 1.72. The summed E-state index contributed by atoms with van der Waals surface area (Å²) in [7, 11) is 1.36. The fourth-order valence-corrected chi connectivity index (χ4v) is 3.48. The maximum atomic E-state index is 13.3. The second-order valence-corrected chi connectivity index (χ2v) is 8.28. The van der Waals surface area contributed by atoms with E-state index in [4.69, 9.17) is 14.2 Å². The van der Waals surface area contributed by atoms with Crippen LogP contribution in [0.3, 0.4) is 0 Å². The molecule has 0 unspecified atom stereocenters. The van der Waals surface area contributed by atoms with Crippen molar-refractivity contribution in [3.05, 3.63) is 83.4 Å². The molecule has 184 valence electrons. The third-order valence-electron chi connectivity index (χ3n) is 5.48. The van der Waals surface area contributed by atoms with Gasteiger partial charge >= 0.3 is 5.97 Å². The van der Waals surface area contributed by atoms with E-state index >= 15 is 0 Å². The average molecular weight is 482 g/mol. The van der Waals surface area contributed by atoms with Crippen molar-refractivity contribution in [2.75, 3.05) is 7.11 Å². The third-order valence-corrected chi connectivity index (χ3v) is 5.48. The van der Waals surface area contributed by atoms with Crippen molar-refractivity contribution in [2.45, 2.75) is 39.4 Å². The van der Waals surface area contributed by atoms with E-state index in [1.807, 2.05) is 31.2 Å². The monoisotopic (exact) mass is 481 g/mol. The van der Waals surface area contributed by atoms with Crippen LogP contribution in [0, 0.1) is 18.7 Å². The van der Waals surface area contributed by atoms with Gasteiger partial charge in [0, 0.05) is 18.7 Å². The second-order valence-electron chi connectivity index (χ2n) is 8.28. The minimum Gasteiger partial charge on any atom is -0.503 e. The number of halogens is 1. The maximum Gasteiger partial charge on any atom is 0.309 e. The molecule has 0 saturated heterocycles. The number of carbonyl (C=O) groups is 2. The normalized spacial score (nSPS) is 13.4. The number of rotatable bonds is 10. The van der Waals surface area contributed by atoms with Gasteiger partial charge in [0.1, 0.15) is 17.7 Å². The average Bonchev–Trinajstić information content (AvgIpc) is 2.84. The summed E-state index contributed by atoms with van der Waals surface area (Å²) in [6, 6.07) is 14.6. The molecular weight excluding hydrogens is 453 g/mol. The van der Waals surface area contributed by atoms with Crippen LogP contribution in [0.4, 0.5) is 4.39 Å². The molecule has 0 amide bonds. The predicted molar refractivity (Wildman–Crippen MR) is 127 cm³/mol. The third kappa shape index (κ3) is 6.56. The number of nitrogens with zero attached hydrogens (tertiary/aromatic N) is 1. The first-order chi connectivity index (χ1) is 16.7. The topological polar surface area (TPSA) is 95.0 Å². The number of benzene rings is 2. The van der Waals surface area contributed by atoms with E-state index in [0.29, 0.717) is 5.75 Å². The van der Waals surface area contributed by atoms with Crippen molar-refractivity contribution in [3.8, 4) is 17.2 Å². The van der Waals surface area contributed by atoms with Crippen LogP contribution >= 0.6 is 0 Å². The highest BCUT2D eigenvalue weighted by molar-refractivity contribution is 5.99. The number of aromatic nitrogens is 1. The zero-order chi connectivity index (χ0) is 25.5. The Labute approximate surface area is 203 Å². The number of esters is 1. The highest BCUT2D eigenvalue weighted by Crippen LogP contribution is 2.30. The number of hydrogen-bond donors (Lipinski definition) is 1. The van der Waals surface area contributed by atoms with Gasteiger partial charge in [0.05, 0.1) is 13.0 Å². The summed E-state index contributed by atoms with van der Waals surface area (Å²) in [6.07, 6.45) is -0.267. The number of aromatic hydroxyl groups is 1. The molecule has 0 bridgehead atoms. The molecule has 1 aromatic heterocycles. The van der Waals surface area contributed by atoms with Crippen LogP contribution in [0.1, 0.15) is 48.0 Å². The first-order valence-electron chi connectivity index (χ1n) is 11.1. The molecule has 3 rings (SSSR count). The summed E-state index contributed by atoms with van der Waals surface area (Å²) in [5.74, 6) is -2.15. The lowest BCUT2D eigenvalue weighted by atomic mass is 10.0. The number of carbonyl (C=O) groups excluding carboxylic acids is 2. The Bertz CT molecular complexity index is 1160. The summed E-state index contributed by atoms with van der Waals surface area (Å²) < 4.78 is 30.1. The summed E-state index contributed by atoms with van der Waals surface area (Å²) in [6.45, 7) is 5.21. The van der Waals surface area contributed by atoms with Gasteiger partial charge in [-0.1, -0.05) is 36.8 Å². The van der Waals surface area contributed by atoms with Gasteiger partial charge in [-0.25, -0.2) is 9.37 Å². The SMILES string of the molecule is COc1ccnc(C(=O)C[C@@H](C)C(=O)O[C@@H](C)[C@H](Oc2ccc(F)cc2)c2ccc(C)cc2)c1O. The van der Waals surface area contributed by atoms with Crippen molar-refractivity contribution >= 4 is 11.8 Å². The lowest BCUT2D eigenvalue weighted by Gasteiger charge is -2.26.